The molecular weight excluding hydrogens is 375 g/mol. The summed E-state index contributed by atoms with van der Waals surface area (Å²) in [6, 6.07) is 10.4. The Morgan fingerprint density at radius 1 is 1.14 bits per heavy atom. The molecule has 0 aliphatic rings. The van der Waals surface area contributed by atoms with Gasteiger partial charge >= 0.3 is 0 Å². The topological polar surface area (TPSA) is 94.1 Å². The van der Waals surface area contributed by atoms with Crippen molar-refractivity contribution in [3.63, 3.8) is 0 Å². The molecule has 0 saturated carbocycles. The van der Waals surface area contributed by atoms with Crippen LogP contribution in [0.25, 0.3) is 39.5 Å². The SMILES string of the molecule is COCc1nc(-c2cnc3ccc(-c4cn[nH]c4-c4ccccc4F)cn23)no1. The lowest BCUT2D eigenvalue weighted by atomic mass is 10.0. The van der Waals surface area contributed by atoms with Gasteiger partial charge in [-0.1, -0.05) is 17.3 Å². The van der Waals surface area contributed by atoms with Crippen molar-refractivity contribution in [2.75, 3.05) is 7.11 Å². The zero-order chi connectivity index (χ0) is 19.8. The molecule has 0 atom stereocenters. The van der Waals surface area contributed by atoms with Crippen LogP contribution in [0.5, 0.6) is 0 Å². The Hall–Kier alpha value is -3.85. The van der Waals surface area contributed by atoms with E-state index in [1.807, 2.05) is 22.7 Å². The number of fused-ring (bicyclic) bond motifs is 1. The smallest absolute Gasteiger partial charge is 0.252 e. The number of imidazole rings is 1. The van der Waals surface area contributed by atoms with Crippen LogP contribution < -0.4 is 0 Å². The minimum Gasteiger partial charge on any atom is -0.375 e. The number of aromatic nitrogens is 6. The second-order valence-electron chi connectivity index (χ2n) is 6.37. The van der Waals surface area contributed by atoms with Crippen LogP contribution in [0.4, 0.5) is 4.39 Å². The first-order chi connectivity index (χ1) is 14.2. The first-order valence-corrected chi connectivity index (χ1v) is 8.82. The number of aromatic amines is 1. The van der Waals surface area contributed by atoms with Gasteiger partial charge in [-0.3, -0.25) is 9.50 Å². The molecule has 5 rings (SSSR count). The molecule has 0 radical (unpaired) electrons. The van der Waals surface area contributed by atoms with E-state index in [1.54, 1.807) is 37.7 Å². The predicted octanol–water partition coefficient (Wildman–Crippen LogP) is 3.73. The van der Waals surface area contributed by atoms with E-state index in [1.165, 1.54) is 6.07 Å². The minimum absolute atomic E-state index is 0.232. The van der Waals surface area contributed by atoms with E-state index in [2.05, 4.69) is 25.3 Å². The quantitative estimate of drug-likeness (QED) is 0.491. The Morgan fingerprint density at radius 3 is 2.90 bits per heavy atom. The van der Waals surface area contributed by atoms with Crippen molar-refractivity contribution in [1.82, 2.24) is 29.7 Å². The van der Waals surface area contributed by atoms with Crippen LogP contribution in [0, 0.1) is 5.82 Å². The average molecular weight is 390 g/mol. The van der Waals surface area contributed by atoms with Crippen molar-refractivity contribution in [1.29, 1.82) is 0 Å². The lowest BCUT2D eigenvalue weighted by Crippen LogP contribution is -1.93. The van der Waals surface area contributed by atoms with Crippen molar-refractivity contribution < 1.29 is 13.7 Å². The van der Waals surface area contributed by atoms with Crippen LogP contribution >= 0.6 is 0 Å². The largest absolute Gasteiger partial charge is 0.375 e. The van der Waals surface area contributed by atoms with Gasteiger partial charge in [-0.15, -0.1) is 0 Å². The van der Waals surface area contributed by atoms with Gasteiger partial charge in [0, 0.05) is 30.0 Å². The molecule has 0 aliphatic heterocycles. The second-order valence-corrected chi connectivity index (χ2v) is 6.37. The molecule has 5 aromatic rings. The predicted molar refractivity (Wildman–Crippen MR) is 102 cm³/mol. The maximum Gasteiger partial charge on any atom is 0.252 e. The highest BCUT2D eigenvalue weighted by atomic mass is 19.1. The third-order valence-corrected chi connectivity index (χ3v) is 4.56. The molecule has 1 N–H and O–H groups in total. The standard InChI is InChI=1S/C20H15FN6O2/c1-28-11-18-24-20(26-29-18)16-9-22-17-7-6-12(10-27(16)17)14-8-23-25-19(14)13-4-2-3-5-15(13)21/h2-10H,11H2,1H3,(H,23,25). The number of rotatable bonds is 5. The number of methoxy groups -OCH3 is 1. The summed E-state index contributed by atoms with van der Waals surface area (Å²) < 4.78 is 26.4. The fourth-order valence-electron chi connectivity index (χ4n) is 3.22. The van der Waals surface area contributed by atoms with Gasteiger partial charge in [-0.25, -0.2) is 9.37 Å². The number of benzene rings is 1. The van der Waals surface area contributed by atoms with Crippen molar-refractivity contribution >= 4 is 5.65 Å². The summed E-state index contributed by atoms with van der Waals surface area (Å²) in [5, 5.41) is 11.0. The summed E-state index contributed by atoms with van der Waals surface area (Å²) in [5.74, 6) is 0.466. The number of hydrogen-bond donors (Lipinski definition) is 1. The Labute approximate surface area is 164 Å². The lowest BCUT2D eigenvalue weighted by molar-refractivity contribution is 0.151. The van der Waals surface area contributed by atoms with Crippen molar-refractivity contribution in [3.8, 4) is 33.9 Å². The van der Waals surface area contributed by atoms with Crippen LogP contribution in [-0.4, -0.2) is 36.8 Å². The van der Waals surface area contributed by atoms with Gasteiger partial charge in [0.2, 0.25) is 5.82 Å². The minimum atomic E-state index is -0.320. The number of nitrogens with one attached hydrogen (secondary N) is 1. The van der Waals surface area contributed by atoms with Crippen LogP contribution in [0.15, 0.2) is 59.5 Å². The van der Waals surface area contributed by atoms with Crippen molar-refractivity contribution in [2.45, 2.75) is 6.61 Å². The fourth-order valence-corrected chi connectivity index (χ4v) is 3.22. The van der Waals surface area contributed by atoms with Gasteiger partial charge in [0.1, 0.15) is 23.8 Å². The molecule has 9 heteroatoms. The van der Waals surface area contributed by atoms with Crippen molar-refractivity contribution in [2.24, 2.45) is 0 Å². The molecule has 0 amide bonds. The van der Waals surface area contributed by atoms with E-state index in [9.17, 15) is 4.39 Å². The summed E-state index contributed by atoms with van der Waals surface area (Å²) in [6.07, 6.45) is 5.23. The molecule has 8 nitrogen and oxygen atoms in total. The maximum atomic E-state index is 14.3. The van der Waals surface area contributed by atoms with Crippen molar-refractivity contribution in [3.05, 3.63) is 66.7 Å². The monoisotopic (exact) mass is 390 g/mol. The molecule has 0 saturated heterocycles. The number of ether oxygens (including phenoxy) is 1. The van der Waals surface area contributed by atoms with E-state index in [4.69, 9.17) is 9.26 Å². The normalized spacial score (nSPS) is 11.4. The van der Waals surface area contributed by atoms with E-state index in [0.717, 1.165) is 16.8 Å². The zero-order valence-electron chi connectivity index (χ0n) is 15.3. The molecule has 0 aliphatic carbocycles. The number of H-pyrrole nitrogens is 1. The van der Waals surface area contributed by atoms with Gasteiger partial charge in [-0.05, 0) is 24.3 Å². The van der Waals surface area contributed by atoms with E-state index in [0.29, 0.717) is 28.7 Å². The molecule has 0 spiro atoms. The number of halogens is 1. The lowest BCUT2D eigenvalue weighted by Gasteiger charge is -2.06. The second kappa shape index (κ2) is 6.95. The molecular formula is C20H15FN6O2. The summed E-state index contributed by atoms with van der Waals surface area (Å²) >= 11 is 0. The molecule has 29 heavy (non-hydrogen) atoms. The first-order valence-electron chi connectivity index (χ1n) is 8.82. The van der Waals surface area contributed by atoms with Crippen LogP contribution in [0.1, 0.15) is 5.89 Å². The summed E-state index contributed by atoms with van der Waals surface area (Å²) in [6.45, 7) is 0.232. The van der Waals surface area contributed by atoms with Crippen LogP contribution in [0.2, 0.25) is 0 Å². The molecule has 4 heterocycles. The van der Waals surface area contributed by atoms with Gasteiger partial charge in [0.25, 0.3) is 5.89 Å². The fraction of sp³-hybridized carbons (Fsp3) is 0.100. The molecule has 1 aromatic carbocycles. The third kappa shape index (κ3) is 2.97. The van der Waals surface area contributed by atoms with Gasteiger partial charge in [0.15, 0.2) is 0 Å². The Morgan fingerprint density at radius 2 is 2.03 bits per heavy atom. The Bertz CT molecular complexity index is 1310. The Balaban J connectivity index is 1.61. The van der Waals surface area contributed by atoms with Gasteiger partial charge < -0.3 is 9.26 Å². The first kappa shape index (κ1) is 17.3. The van der Waals surface area contributed by atoms with E-state index in [-0.39, 0.29) is 12.4 Å². The third-order valence-electron chi connectivity index (χ3n) is 4.56. The maximum absolute atomic E-state index is 14.3. The molecule has 0 unspecified atom stereocenters. The molecule has 4 aromatic heterocycles. The van der Waals surface area contributed by atoms with Gasteiger partial charge in [-0.2, -0.15) is 10.1 Å². The highest BCUT2D eigenvalue weighted by Crippen LogP contribution is 2.32. The van der Waals surface area contributed by atoms with Crippen LogP contribution in [-0.2, 0) is 11.3 Å². The van der Waals surface area contributed by atoms with E-state index >= 15 is 0 Å². The number of pyridine rings is 1. The molecule has 0 fully saturated rings. The highest BCUT2D eigenvalue weighted by molar-refractivity contribution is 5.81. The number of nitrogens with zero attached hydrogens (tertiary/aromatic N) is 5. The highest BCUT2D eigenvalue weighted by Gasteiger charge is 2.17. The molecule has 0 bridgehead atoms. The Kier molecular flexibility index (Phi) is 4.14. The molecule has 144 valence electrons. The summed E-state index contributed by atoms with van der Waals surface area (Å²) in [4.78, 5) is 8.72. The summed E-state index contributed by atoms with van der Waals surface area (Å²) in [5.41, 5.74) is 4.05. The number of hydrogen-bond acceptors (Lipinski definition) is 6. The van der Waals surface area contributed by atoms with Gasteiger partial charge in [0.05, 0.1) is 18.1 Å². The summed E-state index contributed by atoms with van der Waals surface area (Å²) in [7, 11) is 1.56. The van der Waals surface area contributed by atoms with Crippen LogP contribution in [0.3, 0.4) is 0 Å². The average Bonchev–Trinajstić information content (AvgIpc) is 3.47. The van der Waals surface area contributed by atoms with E-state index < -0.39 is 0 Å². The zero-order valence-corrected chi connectivity index (χ0v) is 15.3.